The third kappa shape index (κ3) is 3.79. The largest absolute Gasteiger partial charge is 0.465 e. The lowest BCUT2D eigenvalue weighted by Gasteiger charge is -2.41. The van der Waals surface area contributed by atoms with Crippen molar-refractivity contribution in [3.63, 3.8) is 0 Å². The minimum absolute atomic E-state index is 0.118. The molecule has 0 unspecified atom stereocenters. The highest BCUT2D eigenvalue weighted by molar-refractivity contribution is 5.89. The van der Waals surface area contributed by atoms with Gasteiger partial charge in [-0.3, -0.25) is 4.79 Å². The van der Waals surface area contributed by atoms with Crippen molar-refractivity contribution in [1.29, 1.82) is 0 Å². The van der Waals surface area contributed by atoms with Gasteiger partial charge in [0.2, 0.25) is 0 Å². The van der Waals surface area contributed by atoms with Crippen molar-refractivity contribution < 1.29 is 19.1 Å². The van der Waals surface area contributed by atoms with E-state index in [2.05, 4.69) is 4.90 Å². The minimum Gasteiger partial charge on any atom is -0.465 e. The average Bonchev–Trinajstić information content (AvgIpc) is 2.67. The molecule has 136 valence electrons. The molecule has 2 heterocycles. The van der Waals surface area contributed by atoms with E-state index in [0.717, 1.165) is 38.0 Å². The molecule has 0 aromatic heterocycles. The van der Waals surface area contributed by atoms with E-state index in [4.69, 9.17) is 9.47 Å². The summed E-state index contributed by atoms with van der Waals surface area (Å²) in [5, 5.41) is 0. The molecule has 0 spiro atoms. The number of methoxy groups -OCH3 is 1. The Kier molecular flexibility index (Phi) is 5.27. The number of piperazine rings is 1. The molecule has 3 rings (SSSR count). The molecule has 25 heavy (non-hydrogen) atoms. The van der Waals surface area contributed by atoms with Crippen LogP contribution in [0.15, 0.2) is 24.3 Å². The van der Waals surface area contributed by atoms with E-state index < -0.39 is 5.60 Å². The van der Waals surface area contributed by atoms with Gasteiger partial charge in [-0.25, -0.2) is 4.79 Å². The highest BCUT2D eigenvalue weighted by Crippen LogP contribution is 2.27. The molecule has 1 aromatic rings. The van der Waals surface area contributed by atoms with Gasteiger partial charge in [0.25, 0.3) is 5.91 Å². The Morgan fingerprint density at radius 1 is 1.08 bits per heavy atom. The predicted octanol–water partition coefficient (Wildman–Crippen LogP) is 2.08. The molecular formula is C19H26N2O4. The van der Waals surface area contributed by atoms with Crippen molar-refractivity contribution in [2.24, 2.45) is 0 Å². The fourth-order valence-corrected chi connectivity index (χ4v) is 3.53. The molecule has 2 fully saturated rings. The molecule has 0 saturated carbocycles. The van der Waals surface area contributed by atoms with E-state index in [0.29, 0.717) is 25.3 Å². The van der Waals surface area contributed by atoms with Crippen molar-refractivity contribution in [3.05, 3.63) is 29.8 Å². The zero-order valence-electron chi connectivity index (χ0n) is 15.0. The summed E-state index contributed by atoms with van der Waals surface area (Å²) in [6, 6.07) is 7.40. The van der Waals surface area contributed by atoms with Gasteiger partial charge in [0.1, 0.15) is 5.60 Å². The second-order valence-electron chi connectivity index (χ2n) is 6.85. The molecule has 1 atom stereocenters. The highest BCUT2D eigenvalue weighted by atomic mass is 16.5. The molecule has 0 aliphatic carbocycles. The van der Waals surface area contributed by atoms with Gasteiger partial charge in [0.15, 0.2) is 0 Å². The van der Waals surface area contributed by atoms with Crippen molar-refractivity contribution in [3.8, 4) is 0 Å². The lowest BCUT2D eigenvalue weighted by Crippen LogP contribution is -2.56. The smallest absolute Gasteiger partial charge is 0.337 e. The van der Waals surface area contributed by atoms with Crippen LogP contribution in [0.1, 0.15) is 36.5 Å². The molecule has 6 heteroatoms. The number of benzene rings is 1. The van der Waals surface area contributed by atoms with E-state index in [1.165, 1.54) is 7.11 Å². The Balaban J connectivity index is 1.58. The van der Waals surface area contributed by atoms with Crippen LogP contribution in [0.2, 0.25) is 0 Å². The van der Waals surface area contributed by atoms with Gasteiger partial charge in [-0.05, 0) is 50.5 Å². The number of carbonyl (C=O) groups excluding carboxylic acids is 2. The number of carbonyl (C=O) groups is 2. The number of rotatable bonds is 3. The fraction of sp³-hybridized carbons (Fsp3) is 0.579. The maximum atomic E-state index is 12.8. The number of amides is 1. The first-order valence-electron chi connectivity index (χ1n) is 8.90. The topological polar surface area (TPSA) is 59.1 Å². The van der Waals surface area contributed by atoms with Crippen molar-refractivity contribution in [2.75, 3.05) is 44.8 Å². The summed E-state index contributed by atoms with van der Waals surface area (Å²) < 4.78 is 10.5. The van der Waals surface area contributed by atoms with E-state index in [-0.39, 0.29) is 11.9 Å². The normalized spacial score (nSPS) is 24.1. The Bertz CT molecular complexity index is 615. The molecule has 2 aliphatic heterocycles. The Labute approximate surface area is 148 Å². The van der Waals surface area contributed by atoms with Crippen LogP contribution in [0.25, 0.3) is 0 Å². The Hall–Kier alpha value is -2.08. The van der Waals surface area contributed by atoms with E-state index >= 15 is 0 Å². The van der Waals surface area contributed by atoms with Crippen LogP contribution in [0, 0.1) is 0 Å². The van der Waals surface area contributed by atoms with Crippen LogP contribution in [-0.4, -0.2) is 62.3 Å². The summed E-state index contributed by atoms with van der Waals surface area (Å²) in [6.45, 7) is 5.53. The first-order chi connectivity index (χ1) is 12.0. The molecule has 1 amide bonds. The first kappa shape index (κ1) is 17.7. The molecule has 1 aromatic carbocycles. The number of hydrogen-bond acceptors (Lipinski definition) is 5. The van der Waals surface area contributed by atoms with Gasteiger partial charge in [-0.2, -0.15) is 0 Å². The molecule has 0 N–H and O–H groups in total. The van der Waals surface area contributed by atoms with E-state index in [9.17, 15) is 9.59 Å². The van der Waals surface area contributed by atoms with Gasteiger partial charge in [-0.1, -0.05) is 0 Å². The lowest BCUT2D eigenvalue weighted by molar-refractivity contribution is -0.162. The molecule has 0 bridgehead atoms. The molecule has 2 aliphatic rings. The summed E-state index contributed by atoms with van der Waals surface area (Å²) in [5.74, 6) is -0.212. The van der Waals surface area contributed by atoms with Crippen LogP contribution >= 0.6 is 0 Å². The number of nitrogens with zero attached hydrogens (tertiary/aromatic N) is 2. The Morgan fingerprint density at radius 2 is 1.76 bits per heavy atom. The molecule has 2 saturated heterocycles. The van der Waals surface area contributed by atoms with Crippen molar-refractivity contribution in [1.82, 2.24) is 4.90 Å². The third-order valence-electron chi connectivity index (χ3n) is 5.14. The van der Waals surface area contributed by atoms with E-state index in [1.54, 1.807) is 12.1 Å². The number of hydrogen-bond donors (Lipinski definition) is 0. The quantitative estimate of drug-likeness (QED) is 0.785. The lowest BCUT2D eigenvalue weighted by atomic mass is 9.94. The van der Waals surface area contributed by atoms with Crippen molar-refractivity contribution in [2.45, 2.75) is 31.8 Å². The first-order valence-corrected chi connectivity index (χ1v) is 8.90. The van der Waals surface area contributed by atoms with Crippen molar-refractivity contribution >= 4 is 17.6 Å². The zero-order valence-corrected chi connectivity index (χ0v) is 15.0. The van der Waals surface area contributed by atoms with E-state index in [1.807, 2.05) is 24.0 Å². The second-order valence-corrected chi connectivity index (χ2v) is 6.85. The predicted molar refractivity (Wildman–Crippen MR) is 94.8 cm³/mol. The summed E-state index contributed by atoms with van der Waals surface area (Å²) >= 11 is 0. The van der Waals surface area contributed by atoms with Crippen LogP contribution in [0.3, 0.4) is 0 Å². The van der Waals surface area contributed by atoms with Crippen LogP contribution < -0.4 is 4.90 Å². The van der Waals surface area contributed by atoms with Crippen LogP contribution in [0.4, 0.5) is 5.69 Å². The zero-order chi connectivity index (χ0) is 17.9. The highest BCUT2D eigenvalue weighted by Gasteiger charge is 2.39. The Morgan fingerprint density at radius 3 is 2.32 bits per heavy atom. The van der Waals surface area contributed by atoms with Gasteiger partial charge in [0.05, 0.1) is 12.7 Å². The number of esters is 1. The van der Waals surface area contributed by atoms with Gasteiger partial charge >= 0.3 is 5.97 Å². The fourth-order valence-electron chi connectivity index (χ4n) is 3.53. The second kappa shape index (κ2) is 7.44. The number of ether oxygens (including phenoxy) is 2. The maximum absolute atomic E-state index is 12.8. The summed E-state index contributed by atoms with van der Waals surface area (Å²) in [5.41, 5.74) is 0.949. The average molecular weight is 346 g/mol. The van der Waals surface area contributed by atoms with Gasteiger partial charge < -0.3 is 19.3 Å². The number of anilines is 1. The third-order valence-corrected chi connectivity index (χ3v) is 5.14. The summed E-state index contributed by atoms with van der Waals surface area (Å²) in [4.78, 5) is 28.5. The van der Waals surface area contributed by atoms with Gasteiger partial charge in [-0.15, -0.1) is 0 Å². The van der Waals surface area contributed by atoms with Crippen LogP contribution in [-0.2, 0) is 14.3 Å². The monoisotopic (exact) mass is 346 g/mol. The maximum Gasteiger partial charge on any atom is 0.337 e. The SMILES string of the molecule is COC(=O)c1ccc(N2CCN(C(=O)[C@]3(C)CCCCO3)CC2)cc1. The minimum atomic E-state index is -0.650. The summed E-state index contributed by atoms with van der Waals surface area (Å²) in [7, 11) is 1.38. The summed E-state index contributed by atoms with van der Waals surface area (Å²) in [6.07, 6.45) is 2.90. The molecule has 0 radical (unpaired) electrons. The van der Waals surface area contributed by atoms with Crippen LogP contribution in [0.5, 0.6) is 0 Å². The molecule has 6 nitrogen and oxygen atoms in total. The standard InChI is InChI=1S/C19H26N2O4/c1-19(9-3-4-14-25-19)18(23)21-12-10-20(11-13-21)16-7-5-15(6-8-16)17(22)24-2/h5-8H,3-4,9-14H2,1-2H3/t19-/m0/s1. The van der Waals surface area contributed by atoms with Gasteiger partial charge in [0, 0.05) is 38.5 Å². The molecular weight excluding hydrogens is 320 g/mol.